The van der Waals surface area contributed by atoms with Crippen LogP contribution in [0.15, 0.2) is 224 Å². The van der Waals surface area contributed by atoms with E-state index in [1.807, 2.05) is 30.5 Å². The van der Waals surface area contributed by atoms with Gasteiger partial charge in [0.1, 0.15) is 0 Å². The number of para-hydroxylation sites is 2. The molecule has 2 N–H and O–H groups in total. The standard InChI is InChI=1S/C56H37N2.2C5H8O2.Ir/c1-2-12-45-36-56(35-44(45)11-1)51-33-41(37-22-26-46(27-23-37)58-54-20-5-3-17-49(54)50-18-4-6-21-55(50)58)24-28-47(51)48-29-25-42(34-52(48)56)39-14-9-13-38(31-39)40-15-10-16-43(32-40)53-19-7-8-30-57-53;2*1-4(6)3-5(2)7;/h1-15,17-34H,35-36H2;2*3,6H,1-2H3;/q-1;;;/b;2*4-3-;. The molecule has 8 aromatic carbocycles. The molecule has 0 bridgehead atoms. The number of carbonyl (C=O) groups excluding carboxylic acids is 2. The number of aliphatic hydroxyl groups is 2. The average molecular weight is 1130 g/mol. The Bertz CT molecular complexity index is 3640. The minimum atomic E-state index is -0.131. The molecule has 6 nitrogen and oxygen atoms in total. The van der Waals surface area contributed by atoms with E-state index >= 15 is 0 Å². The average Bonchev–Trinajstić information content (AvgIpc) is 4.03. The molecule has 73 heavy (non-hydrogen) atoms. The summed E-state index contributed by atoms with van der Waals surface area (Å²) in [5.41, 5.74) is 21.2. The van der Waals surface area contributed by atoms with Gasteiger partial charge in [0.2, 0.25) is 0 Å². The van der Waals surface area contributed by atoms with Crippen molar-refractivity contribution in [2.24, 2.45) is 0 Å². The SMILES string of the molecule is CC(=O)/C=C(/C)O.CC(=O)/C=C(/C)O.[Ir].[c-]1ccc(-c2cccc(-c3ccc4c(c3)C3(Cc5ccccc5C3)c3cc(-c5ccc(-n6c7ccccc7c7ccccc76)cc5)ccc3-4)c2)cc1-c1ccccn1. The second-order valence-corrected chi connectivity index (χ2v) is 18.7. The third-order valence-corrected chi connectivity index (χ3v) is 13.6. The normalized spacial score (nSPS) is 12.9. The van der Waals surface area contributed by atoms with E-state index in [1.54, 1.807) is 0 Å². The van der Waals surface area contributed by atoms with Crippen LogP contribution in [0.3, 0.4) is 0 Å². The molecule has 0 fully saturated rings. The summed E-state index contributed by atoms with van der Waals surface area (Å²) in [6, 6.07) is 74.8. The van der Waals surface area contributed by atoms with Gasteiger partial charge in [0, 0.05) is 60.3 Å². The Hall–Kier alpha value is -8.22. The topological polar surface area (TPSA) is 92.4 Å². The predicted molar refractivity (Wildman–Crippen MR) is 293 cm³/mol. The molecule has 1 radical (unpaired) electrons. The molecule has 10 aromatic rings. The van der Waals surface area contributed by atoms with Crippen LogP contribution in [0.1, 0.15) is 49.9 Å². The van der Waals surface area contributed by atoms with Gasteiger partial charge < -0.3 is 19.8 Å². The number of pyridine rings is 1. The molecule has 0 aliphatic heterocycles. The molecule has 12 rings (SSSR count). The number of hydrogen-bond acceptors (Lipinski definition) is 5. The summed E-state index contributed by atoms with van der Waals surface area (Å²) in [6.07, 6.45) is 6.17. The fraction of sp³-hybridized carbons (Fsp3) is 0.106. The first kappa shape index (κ1) is 49.7. The van der Waals surface area contributed by atoms with Crippen molar-refractivity contribution in [3.63, 3.8) is 0 Å². The van der Waals surface area contributed by atoms with Gasteiger partial charge >= 0.3 is 0 Å². The summed E-state index contributed by atoms with van der Waals surface area (Å²) in [7, 11) is 0. The van der Waals surface area contributed by atoms with E-state index < -0.39 is 0 Å². The number of hydrogen-bond donors (Lipinski definition) is 2. The van der Waals surface area contributed by atoms with Crippen molar-refractivity contribution in [1.29, 1.82) is 0 Å². The first-order chi connectivity index (χ1) is 35.0. The molecule has 2 aliphatic carbocycles. The van der Waals surface area contributed by atoms with Crippen LogP contribution in [0.25, 0.3) is 83.3 Å². The van der Waals surface area contributed by atoms with Gasteiger partial charge in [-0.05, 0) is 156 Å². The Morgan fingerprint density at radius 3 is 1.51 bits per heavy atom. The molecule has 1 spiro atoms. The van der Waals surface area contributed by atoms with Crippen molar-refractivity contribution in [2.45, 2.75) is 46.0 Å². The van der Waals surface area contributed by atoms with E-state index in [1.165, 1.54) is 129 Å². The number of aromatic nitrogens is 2. The maximum absolute atomic E-state index is 10.0. The summed E-state index contributed by atoms with van der Waals surface area (Å²) in [5.74, 6) is -0.125. The largest absolute Gasteiger partial charge is 0.512 e. The fourth-order valence-corrected chi connectivity index (χ4v) is 10.6. The zero-order chi connectivity index (χ0) is 49.9. The first-order valence-corrected chi connectivity index (χ1v) is 24.2. The van der Waals surface area contributed by atoms with E-state index in [0.29, 0.717) is 0 Å². The molecule has 7 heteroatoms. The summed E-state index contributed by atoms with van der Waals surface area (Å²) >= 11 is 0. The smallest absolute Gasteiger partial charge is 0.155 e. The summed E-state index contributed by atoms with van der Waals surface area (Å²) in [5, 5.41) is 19.3. The van der Waals surface area contributed by atoms with Gasteiger partial charge in [-0.15, -0.1) is 35.4 Å². The number of rotatable bonds is 7. The van der Waals surface area contributed by atoms with E-state index in [2.05, 4.69) is 185 Å². The van der Waals surface area contributed by atoms with Crippen LogP contribution in [0, 0.1) is 6.07 Å². The fourth-order valence-electron chi connectivity index (χ4n) is 10.6. The van der Waals surface area contributed by atoms with Gasteiger partial charge in [-0.3, -0.25) is 9.59 Å². The number of benzene rings is 8. The van der Waals surface area contributed by atoms with Crippen molar-refractivity contribution < 1.29 is 39.9 Å². The van der Waals surface area contributed by atoms with Crippen molar-refractivity contribution in [2.75, 3.05) is 0 Å². The Balaban J connectivity index is 0.000000387. The van der Waals surface area contributed by atoms with Crippen molar-refractivity contribution in [3.8, 4) is 61.5 Å². The number of carbonyl (C=O) groups is 2. The van der Waals surface area contributed by atoms with Gasteiger partial charge in [-0.25, -0.2) is 0 Å². The molecule has 361 valence electrons. The monoisotopic (exact) mass is 1130 g/mol. The molecule has 0 saturated carbocycles. The molecule has 0 atom stereocenters. The van der Waals surface area contributed by atoms with Crippen molar-refractivity contribution in [1.82, 2.24) is 9.55 Å². The number of nitrogens with zero attached hydrogens (tertiary/aromatic N) is 2. The van der Waals surface area contributed by atoms with Crippen LogP contribution in [-0.4, -0.2) is 31.3 Å². The summed E-state index contributed by atoms with van der Waals surface area (Å²) < 4.78 is 2.39. The zero-order valence-corrected chi connectivity index (χ0v) is 43.5. The van der Waals surface area contributed by atoms with E-state index in [-0.39, 0.29) is 48.6 Å². The van der Waals surface area contributed by atoms with Crippen LogP contribution in [0.2, 0.25) is 0 Å². The minimum absolute atomic E-state index is 0. The van der Waals surface area contributed by atoms with Crippen LogP contribution >= 0.6 is 0 Å². The second kappa shape index (κ2) is 21.2. The molecule has 0 saturated heterocycles. The molecule has 0 unspecified atom stereocenters. The second-order valence-electron chi connectivity index (χ2n) is 18.7. The van der Waals surface area contributed by atoms with E-state index in [4.69, 9.17) is 10.2 Å². The molecule has 2 aromatic heterocycles. The summed E-state index contributed by atoms with van der Waals surface area (Å²) in [6.45, 7) is 5.70. The predicted octanol–water partition coefficient (Wildman–Crippen LogP) is 15.8. The Labute approximate surface area is 440 Å². The van der Waals surface area contributed by atoms with E-state index in [9.17, 15) is 9.59 Å². The van der Waals surface area contributed by atoms with Gasteiger partial charge in [0.05, 0.1) is 22.6 Å². The van der Waals surface area contributed by atoms with Gasteiger partial charge in [-0.2, -0.15) is 0 Å². The Morgan fingerprint density at radius 2 is 1.00 bits per heavy atom. The first-order valence-electron chi connectivity index (χ1n) is 24.2. The third kappa shape index (κ3) is 10.2. The number of fused-ring (bicyclic) bond motifs is 9. The third-order valence-electron chi connectivity index (χ3n) is 13.6. The Kier molecular flexibility index (Phi) is 14.5. The van der Waals surface area contributed by atoms with Crippen LogP contribution in [0.4, 0.5) is 0 Å². The summed E-state index contributed by atoms with van der Waals surface area (Å²) in [4.78, 5) is 24.6. The molecule has 2 heterocycles. The van der Waals surface area contributed by atoms with Gasteiger partial charge in [0.15, 0.2) is 11.6 Å². The number of aliphatic hydroxyl groups excluding tert-OH is 2. The maximum Gasteiger partial charge on any atom is 0.155 e. The molecule has 2 aliphatic rings. The van der Waals surface area contributed by atoms with E-state index in [0.717, 1.165) is 29.7 Å². The minimum Gasteiger partial charge on any atom is -0.512 e. The molecular formula is C66H53IrN2O4-. The van der Waals surface area contributed by atoms with Gasteiger partial charge in [-0.1, -0.05) is 127 Å². The van der Waals surface area contributed by atoms with Gasteiger partial charge in [0.25, 0.3) is 0 Å². The maximum atomic E-state index is 10.0. The van der Waals surface area contributed by atoms with Crippen LogP contribution in [0.5, 0.6) is 0 Å². The van der Waals surface area contributed by atoms with Crippen molar-refractivity contribution >= 4 is 33.4 Å². The van der Waals surface area contributed by atoms with Crippen molar-refractivity contribution in [3.05, 3.63) is 252 Å². The van der Waals surface area contributed by atoms with Crippen LogP contribution < -0.4 is 0 Å². The zero-order valence-electron chi connectivity index (χ0n) is 41.1. The quantitative estimate of drug-likeness (QED) is 0.0942. The number of allylic oxidation sites excluding steroid dienone is 4. The van der Waals surface area contributed by atoms with Crippen LogP contribution in [-0.2, 0) is 48.0 Å². The Morgan fingerprint density at radius 1 is 0.521 bits per heavy atom. The molecular weight excluding hydrogens is 1080 g/mol. The molecule has 0 amide bonds. The number of ketones is 2.